The molecule has 0 aromatic heterocycles. The molecule has 1 aromatic carbocycles. The third-order valence-corrected chi connectivity index (χ3v) is 4.42. The standard InChI is InChI=1S/C17H25NO/c1-2-4-17(19-13-15-5-6-15)16(3-1)8-7-14-9-11-18-12-10-14/h1-4,14-15,18H,5-13H2. The lowest BCUT2D eigenvalue weighted by molar-refractivity contribution is 0.294. The molecule has 0 amide bonds. The molecular weight excluding hydrogens is 234 g/mol. The van der Waals surface area contributed by atoms with Crippen LogP contribution in [0.25, 0.3) is 0 Å². The Labute approximate surface area is 116 Å². The molecule has 0 unspecified atom stereocenters. The van der Waals surface area contributed by atoms with Crippen molar-refractivity contribution in [3.05, 3.63) is 29.8 Å². The van der Waals surface area contributed by atoms with Crippen LogP contribution >= 0.6 is 0 Å². The SMILES string of the molecule is c1ccc(OCC2CC2)c(CCC2CCNCC2)c1. The molecule has 1 N–H and O–H groups in total. The van der Waals surface area contributed by atoms with E-state index in [-0.39, 0.29) is 0 Å². The van der Waals surface area contributed by atoms with Crippen LogP contribution in [0.3, 0.4) is 0 Å². The third-order valence-electron chi connectivity index (χ3n) is 4.42. The van der Waals surface area contributed by atoms with Crippen LogP contribution in [0.2, 0.25) is 0 Å². The van der Waals surface area contributed by atoms with Gasteiger partial charge >= 0.3 is 0 Å². The zero-order valence-electron chi connectivity index (χ0n) is 11.7. The fourth-order valence-corrected chi connectivity index (χ4v) is 2.87. The summed E-state index contributed by atoms with van der Waals surface area (Å²) in [5.74, 6) is 2.86. The molecular formula is C17H25NO. The second kappa shape index (κ2) is 6.42. The molecule has 2 aliphatic rings. The smallest absolute Gasteiger partial charge is 0.122 e. The first-order valence-corrected chi connectivity index (χ1v) is 7.83. The summed E-state index contributed by atoms with van der Waals surface area (Å²) in [6.45, 7) is 3.32. The number of piperidine rings is 1. The molecule has 2 fully saturated rings. The van der Waals surface area contributed by atoms with Crippen LogP contribution in [0.15, 0.2) is 24.3 Å². The first-order valence-electron chi connectivity index (χ1n) is 7.83. The molecule has 0 atom stereocenters. The third kappa shape index (κ3) is 3.97. The second-order valence-corrected chi connectivity index (χ2v) is 6.09. The average molecular weight is 259 g/mol. The van der Waals surface area contributed by atoms with Crippen LogP contribution < -0.4 is 10.1 Å². The van der Waals surface area contributed by atoms with Crippen molar-refractivity contribution in [3.63, 3.8) is 0 Å². The Bertz CT molecular complexity index is 394. The van der Waals surface area contributed by atoms with Gasteiger partial charge in [-0.2, -0.15) is 0 Å². The minimum atomic E-state index is 0.831. The molecule has 1 heterocycles. The molecule has 1 saturated carbocycles. The van der Waals surface area contributed by atoms with Crippen molar-refractivity contribution in [2.24, 2.45) is 11.8 Å². The summed E-state index contributed by atoms with van der Waals surface area (Å²) < 4.78 is 5.99. The predicted octanol–water partition coefficient (Wildman–Crippen LogP) is 3.41. The van der Waals surface area contributed by atoms with E-state index in [1.165, 1.54) is 57.2 Å². The summed E-state index contributed by atoms with van der Waals surface area (Å²) in [7, 11) is 0. The van der Waals surface area contributed by atoms with E-state index in [9.17, 15) is 0 Å². The molecule has 1 aromatic rings. The Morgan fingerprint density at radius 1 is 1.00 bits per heavy atom. The highest BCUT2D eigenvalue weighted by Gasteiger charge is 2.22. The molecule has 0 spiro atoms. The van der Waals surface area contributed by atoms with Gasteiger partial charge in [0.15, 0.2) is 0 Å². The maximum Gasteiger partial charge on any atom is 0.122 e. The number of nitrogens with one attached hydrogen (secondary N) is 1. The van der Waals surface area contributed by atoms with Gasteiger partial charge < -0.3 is 10.1 Å². The summed E-state index contributed by atoms with van der Waals surface area (Å²) in [6.07, 6.45) is 7.88. The lowest BCUT2D eigenvalue weighted by Crippen LogP contribution is -2.27. The largest absolute Gasteiger partial charge is 0.493 e. The molecule has 1 aliphatic carbocycles. The highest BCUT2D eigenvalue weighted by Crippen LogP contribution is 2.31. The van der Waals surface area contributed by atoms with Crippen molar-refractivity contribution < 1.29 is 4.74 Å². The molecule has 0 radical (unpaired) electrons. The number of aryl methyl sites for hydroxylation is 1. The molecule has 2 nitrogen and oxygen atoms in total. The summed E-state index contributed by atoms with van der Waals surface area (Å²) >= 11 is 0. The monoisotopic (exact) mass is 259 g/mol. The number of ether oxygens (including phenoxy) is 1. The number of rotatable bonds is 6. The van der Waals surface area contributed by atoms with E-state index in [1.54, 1.807) is 0 Å². The van der Waals surface area contributed by atoms with Crippen molar-refractivity contribution in [2.45, 2.75) is 38.5 Å². The van der Waals surface area contributed by atoms with E-state index in [0.717, 1.165) is 24.2 Å². The van der Waals surface area contributed by atoms with Gasteiger partial charge in [-0.05, 0) is 75.1 Å². The molecule has 19 heavy (non-hydrogen) atoms. The second-order valence-electron chi connectivity index (χ2n) is 6.09. The lowest BCUT2D eigenvalue weighted by Gasteiger charge is -2.22. The van der Waals surface area contributed by atoms with Gasteiger partial charge in [0.25, 0.3) is 0 Å². The van der Waals surface area contributed by atoms with Gasteiger partial charge in [0, 0.05) is 0 Å². The number of benzene rings is 1. The Morgan fingerprint density at radius 2 is 1.79 bits per heavy atom. The van der Waals surface area contributed by atoms with Crippen LogP contribution in [0.5, 0.6) is 5.75 Å². The van der Waals surface area contributed by atoms with Crippen LogP contribution in [0, 0.1) is 11.8 Å². The van der Waals surface area contributed by atoms with Gasteiger partial charge in [0.2, 0.25) is 0 Å². The maximum absolute atomic E-state index is 5.99. The lowest BCUT2D eigenvalue weighted by atomic mass is 9.91. The Kier molecular flexibility index (Phi) is 4.39. The van der Waals surface area contributed by atoms with E-state index >= 15 is 0 Å². The highest BCUT2D eigenvalue weighted by molar-refractivity contribution is 5.33. The minimum Gasteiger partial charge on any atom is -0.493 e. The van der Waals surface area contributed by atoms with Crippen LogP contribution in [0.1, 0.15) is 37.7 Å². The zero-order chi connectivity index (χ0) is 12.9. The van der Waals surface area contributed by atoms with Crippen molar-refractivity contribution in [3.8, 4) is 5.75 Å². The average Bonchev–Trinajstić information content (AvgIpc) is 3.29. The highest BCUT2D eigenvalue weighted by atomic mass is 16.5. The van der Waals surface area contributed by atoms with E-state index in [2.05, 4.69) is 29.6 Å². The quantitative estimate of drug-likeness (QED) is 0.845. The Hall–Kier alpha value is -1.02. The van der Waals surface area contributed by atoms with Gasteiger partial charge in [0.05, 0.1) is 6.61 Å². The summed E-state index contributed by atoms with van der Waals surface area (Å²) in [5.41, 5.74) is 1.40. The predicted molar refractivity (Wildman–Crippen MR) is 78.6 cm³/mol. The van der Waals surface area contributed by atoms with Crippen LogP contribution in [0.4, 0.5) is 0 Å². The zero-order valence-corrected chi connectivity index (χ0v) is 11.7. The Morgan fingerprint density at radius 3 is 2.58 bits per heavy atom. The molecule has 1 aliphatic heterocycles. The van der Waals surface area contributed by atoms with Crippen molar-refractivity contribution >= 4 is 0 Å². The molecule has 3 rings (SSSR count). The van der Waals surface area contributed by atoms with Gasteiger partial charge in [0.1, 0.15) is 5.75 Å². The van der Waals surface area contributed by atoms with Crippen molar-refractivity contribution in [2.75, 3.05) is 19.7 Å². The number of hydrogen-bond acceptors (Lipinski definition) is 2. The maximum atomic E-state index is 5.99. The molecule has 2 heteroatoms. The van der Waals surface area contributed by atoms with E-state index < -0.39 is 0 Å². The fraction of sp³-hybridized carbons (Fsp3) is 0.647. The van der Waals surface area contributed by atoms with Gasteiger partial charge in [-0.15, -0.1) is 0 Å². The topological polar surface area (TPSA) is 21.3 Å². The molecule has 104 valence electrons. The number of hydrogen-bond donors (Lipinski definition) is 1. The normalized spacial score (nSPS) is 20.4. The summed E-state index contributed by atoms with van der Waals surface area (Å²) in [5, 5.41) is 3.44. The summed E-state index contributed by atoms with van der Waals surface area (Å²) in [6, 6.07) is 8.61. The molecule has 0 bridgehead atoms. The fourth-order valence-electron chi connectivity index (χ4n) is 2.87. The van der Waals surface area contributed by atoms with Gasteiger partial charge in [-0.25, -0.2) is 0 Å². The minimum absolute atomic E-state index is 0.831. The van der Waals surface area contributed by atoms with Crippen molar-refractivity contribution in [1.82, 2.24) is 5.32 Å². The first kappa shape index (κ1) is 13.0. The van der Waals surface area contributed by atoms with Gasteiger partial charge in [-0.1, -0.05) is 18.2 Å². The van der Waals surface area contributed by atoms with E-state index in [4.69, 9.17) is 4.74 Å². The van der Waals surface area contributed by atoms with Crippen molar-refractivity contribution in [1.29, 1.82) is 0 Å². The van der Waals surface area contributed by atoms with Gasteiger partial charge in [-0.3, -0.25) is 0 Å². The molecule has 1 saturated heterocycles. The van der Waals surface area contributed by atoms with Crippen LogP contribution in [-0.4, -0.2) is 19.7 Å². The van der Waals surface area contributed by atoms with E-state index in [0.29, 0.717) is 0 Å². The first-order chi connectivity index (χ1) is 9.42. The van der Waals surface area contributed by atoms with Crippen LogP contribution in [-0.2, 0) is 6.42 Å². The van der Waals surface area contributed by atoms with E-state index in [1.807, 2.05) is 0 Å². The Balaban J connectivity index is 1.52. The summed E-state index contributed by atoms with van der Waals surface area (Å²) in [4.78, 5) is 0. The number of para-hydroxylation sites is 1.